The zero-order valence-corrected chi connectivity index (χ0v) is 14.0. The molecule has 1 unspecified atom stereocenters. The van der Waals surface area contributed by atoms with Crippen molar-refractivity contribution in [2.45, 2.75) is 12.5 Å². The molecule has 1 aliphatic heterocycles. The van der Waals surface area contributed by atoms with E-state index in [4.69, 9.17) is 0 Å². The zero-order chi connectivity index (χ0) is 18.1. The second-order valence-electron chi connectivity index (χ2n) is 6.30. The molecule has 0 radical (unpaired) electrons. The Morgan fingerprint density at radius 3 is 2.15 bits per heavy atom. The average molecular weight is 343 g/mol. The second-order valence-corrected chi connectivity index (χ2v) is 6.30. The molecule has 0 aliphatic carbocycles. The summed E-state index contributed by atoms with van der Waals surface area (Å²) in [6, 6.07) is 25.5. The van der Waals surface area contributed by atoms with E-state index in [-0.39, 0.29) is 12.5 Å². The normalized spacial score (nSPS) is 15.5. The molecule has 1 heterocycles. The Balaban J connectivity index is 2.00. The van der Waals surface area contributed by atoms with E-state index in [0.29, 0.717) is 5.69 Å². The molecular weight excluding hydrogens is 326 g/mol. The maximum Gasteiger partial charge on any atom is 0.394 e. The highest BCUT2D eigenvalue weighted by Crippen LogP contribution is 2.42. The third-order valence-corrected chi connectivity index (χ3v) is 4.79. The first kappa shape index (κ1) is 16.1. The van der Waals surface area contributed by atoms with Crippen LogP contribution in [0.25, 0.3) is 0 Å². The highest BCUT2D eigenvalue weighted by atomic mass is 16.4. The van der Waals surface area contributed by atoms with E-state index in [1.165, 1.54) is 4.90 Å². The lowest BCUT2D eigenvalue weighted by Gasteiger charge is -2.23. The van der Waals surface area contributed by atoms with Crippen LogP contribution in [0.5, 0.6) is 0 Å². The number of para-hydroxylation sites is 1. The van der Waals surface area contributed by atoms with Crippen molar-refractivity contribution in [3.8, 4) is 0 Å². The number of benzene rings is 3. The summed E-state index contributed by atoms with van der Waals surface area (Å²) in [5, 5.41) is 9.29. The molecule has 1 atom stereocenters. The Kier molecular flexibility index (Phi) is 4.01. The highest BCUT2D eigenvalue weighted by Gasteiger charge is 2.32. The molecule has 3 aromatic carbocycles. The van der Waals surface area contributed by atoms with Gasteiger partial charge in [0.1, 0.15) is 0 Å². The van der Waals surface area contributed by atoms with Crippen LogP contribution in [0.4, 0.5) is 5.69 Å². The molecule has 0 spiro atoms. The number of carboxylic acid groups (broad SMARTS) is 1. The minimum atomic E-state index is -1.45. The Labute approximate surface area is 151 Å². The number of anilines is 1. The number of carbonyl (C=O) groups excluding carboxylic acids is 1. The van der Waals surface area contributed by atoms with Gasteiger partial charge in [-0.25, -0.2) is 4.79 Å². The molecule has 0 saturated carbocycles. The molecule has 128 valence electrons. The van der Waals surface area contributed by atoms with Gasteiger partial charge in [-0.1, -0.05) is 72.8 Å². The first-order valence-electron chi connectivity index (χ1n) is 8.43. The average Bonchev–Trinajstić information content (AvgIpc) is 2.82. The van der Waals surface area contributed by atoms with Crippen molar-refractivity contribution in [2.24, 2.45) is 0 Å². The first-order valence-corrected chi connectivity index (χ1v) is 8.43. The Bertz CT molecular complexity index is 981. The number of carboxylic acids is 1. The molecule has 1 aliphatic rings. The predicted octanol–water partition coefficient (Wildman–Crippen LogP) is 3.80. The Morgan fingerprint density at radius 1 is 0.808 bits per heavy atom. The molecule has 0 aromatic heterocycles. The quantitative estimate of drug-likeness (QED) is 0.684. The lowest BCUT2D eigenvalue weighted by molar-refractivity contribution is -0.148. The van der Waals surface area contributed by atoms with E-state index in [1.54, 1.807) is 0 Å². The van der Waals surface area contributed by atoms with Gasteiger partial charge in [-0.3, -0.25) is 9.69 Å². The molecule has 26 heavy (non-hydrogen) atoms. The molecule has 0 saturated heterocycles. The molecule has 0 fully saturated rings. The van der Waals surface area contributed by atoms with Crippen molar-refractivity contribution in [1.29, 1.82) is 0 Å². The number of hydrogen-bond donors (Lipinski definition) is 1. The van der Waals surface area contributed by atoms with E-state index < -0.39 is 11.9 Å². The third-order valence-electron chi connectivity index (χ3n) is 4.79. The summed E-state index contributed by atoms with van der Waals surface area (Å²) in [5.41, 5.74) is 4.72. The number of aliphatic carboxylic acids is 1. The van der Waals surface area contributed by atoms with Gasteiger partial charge in [-0.05, 0) is 28.3 Å². The third kappa shape index (κ3) is 2.65. The molecular formula is C22H17NO3. The first-order chi connectivity index (χ1) is 12.7. The maximum absolute atomic E-state index is 12.4. The lowest BCUT2D eigenvalue weighted by atomic mass is 9.83. The lowest BCUT2D eigenvalue weighted by Crippen LogP contribution is -2.36. The van der Waals surface area contributed by atoms with Crippen molar-refractivity contribution in [3.05, 3.63) is 101 Å². The van der Waals surface area contributed by atoms with Crippen LogP contribution < -0.4 is 4.90 Å². The van der Waals surface area contributed by atoms with Crippen LogP contribution in [0.2, 0.25) is 0 Å². The van der Waals surface area contributed by atoms with Gasteiger partial charge in [0.05, 0.1) is 6.54 Å². The van der Waals surface area contributed by atoms with Gasteiger partial charge in [0, 0.05) is 11.6 Å². The van der Waals surface area contributed by atoms with Crippen LogP contribution in [-0.2, 0) is 16.1 Å². The Hall–Kier alpha value is -3.40. The van der Waals surface area contributed by atoms with E-state index in [0.717, 1.165) is 22.3 Å². The minimum Gasteiger partial charge on any atom is -0.474 e. The van der Waals surface area contributed by atoms with Gasteiger partial charge in [-0.15, -0.1) is 0 Å². The van der Waals surface area contributed by atoms with Crippen molar-refractivity contribution < 1.29 is 14.7 Å². The maximum atomic E-state index is 12.4. The number of carbonyl (C=O) groups is 2. The summed E-state index contributed by atoms with van der Waals surface area (Å²) >= 11 is 0. The van der Waals surface area contributed by atoms with Crippen molar-refractivity contribution in [2.75, 3.05) is 4.90 Å². The van der Waals surface area contributed by atoms with Crippen LogP contribution in [0.3, 0.4) is 0 Å². The topological polar surface area (TPSA) is 57.6 Å². The number of nitrogens with zero attached hydrogens (tertiary/aromatic N) is 1. The van der Waals surface area contributed by atoms with E-state index in [1.807, 2.05) is 60.7 Å². The summed E-state index contributed by atoms with van der Waals surface area (Å²) in [6.07, 6.45) is 0. The summed E-state index contributed by atoms with van der Waals surface area (Å²) in [6.45, 7) is 0.238. The Morgan fingerprint density at radius 2 is 1.42 bits per heavy atom. The molecule has 4 heteroatoms. The summed E-state index contributed by atoms with van der Waals surface area (Å²) in [5.74, 6) is -2.42. The zero-order valence-electron chi connectivity index (χ0n) is 14.0. The smallest absolute Gasteiger partial charge is 0.394 e. The monoisotopic (exact) mass is 343 g/mol. The van der Waals surface area contributed by atoms with Crippen LogP contribution >= 0.6 is 0 Å². The van der Waals surface area contributed by atoms with Crippen LogP contribution in [-0.4, -0.2) is 17.0 Å². The largest absolute Gasteiger partial charge is 0.474 e. The molecule has 0 bridgehead atoms. The fourth-order valence-electron chi connectivity index (χ4n) is 3.66. The van der Waals surface area contributed by atoms with Gasteiger partial charge in [0.25, 0.3) is 0 Å². The van der Waals surface area contributed by atoms with Gasteiger partial charge in [0.15, 0.2) is 0 Å². The van der Waals surface area contributed by atoms with Gasteiger partial charge < -0.3 is 5.11 Å². The van der Waals surface area contributed by atoms with Gasteiger partial charge in [-0.2, -0.15) is 0 Å². The number of fused-ring (bicyclic) bond motifs is 2. The van der Waals surface area contributed by atoms with Crippen molar-refractivity contribution >= 4 is 17.6 Å². The van der Waals surface area contributed by atoms with E-state index >= 15 is 0 Å². The van der Waals surface area contributed by atoms with Crippen molar-refractivity contribution in [1.82, 2.24) is 0 Å². The minimum absolute atomic E-state index is 0.0600. The second kappa shape index (κ2) is 6.48. The van der Waals surface area contributed by atoms with Crippen LogP contribution in [0, 0.1) is 0 Å². The molecule has 4 rings (SSSR count). The van der Waals surface area contributed by atoms with E-state index in [9.17, 15) is 14.7 Å². The standard InChI is InChI=1S/C22H17NO3/c24-21(22(25)26)23-14-16-10-4-5-11-17(16)20(15-8-2-1-3-9-15)18-12-6-7-13-19(18)23/h1-13,20H,14H2,(H,25,26). The molecule has 3 aromatic rings. The molecule has 4 nitrogen and oxygen atoms in total. The summed E-state index contributed by atoms with van der Waals surface area (Å²) < 4.78 is 0. The van der Waals surface area contributed by atoms with Gasteiger partial charge in [0.2, 0.25) is 0 Å². The fourth-order valence-corrected chi connectivity index (χ4v) is 3.66. The highest BCUT2D eigenvalue weighted by molar-refractivity contribution is 6.37. The summed E-state index contributed by atoms with van der Waals surface area (Å²) in [7, 11) is 0. The number of hydrogen-bond acceptors (Lipinski definition) is 2. The fraction of sp³-hybridized carbons (Fsp3) is 0.0909. The molecule has 1 amide bonds. The number of rotatable bonds is 1. The predicted molar refractivity (Wildman–Crippen MR) is 99.1 cm³/mol. The summed E-state index contributed by atoms with van der Waals surface area (Å²) in [4.78, 5) is 25.1. The molecule has 1 N–H and O–H groups in total. The van der Waals surface area contributed by atoms with E-state index in [2.05, 4.69) is 18.2 Å². The van der Waals surface area contributed by atoms with Crippen LogP contribution in [0.15, 0.2) is 78.9 Å². The SMILES string of the molecule is O=C(O)C(=O)N1Cc2ccccc2C(c2ccccc2)c2ccccc21. The van der Waals surface area contributed by atoms with Crippen molar-refractivity contribution in [3.63, 3.8) is 0 Å². The van der Waals surface area contributed by atoms with Gasteiger partial charge >= 0.3 is 11.9 Å². The van der Waals surface area contributed by atoms with Crippen LogP contribution in [0.1, 0.15) is 28.2 Å². The number of amides is 1.